The van der Waals surface area contributed by atoms with E-state index in [2.05, 4.69) is 16.8 Å². The summed E-state index contributed by atoms with van der Waals surface area (Å²) in [6.07, 6.45) is -0.0423. The van der Waals surface area contributed by atoms with Gasteiger partial charge in [-0.05, 0) is 31.5 Å². The van der Waals surface area contributed by atoms with Crippen molar-refractivity contribution in [1.29, 1.82) is 0 Å². The summed E-state index contributed by atoms with van der Waals surface area (Å²) in [5.41, 5.74) is 1.69. The van der Waals surface area contributed by atoms with Crippen LogP contribution in [0, 0.1) is 25.7 Å². The van der Waals surface area contributed by atoms with Crippen molar-refractivity contribution < 1.29 is 14.3 Å². The summed E-state index contributed by atoms with van der Waals surface area (Å²) in [6, 6.07) is 7.29. The summed E-state index contributed by atoms with van der Waals surface area (Å²) in [4.78, 5) is 4.30. The lowest BCUT2D eigenvalue weighted by molar-refractivity contribution is 0.238. The monoisotopic (exact) mass is 285 g/mol. The fourth-order valence-corrected chi connectivity index (χ4v) is 2.04. The number of ether oxygens (including phenoxy) is 1. The van der Waals surface area contributed by atoms with Crippen LogP contribution < -0.4 is 4.74 Å². The molecule has 0 bridgehead atoms. The maximum Gasteiger partial charge on any atom is 0.191 e. The second kappa shape index (κ2) is 6.96. The van der Waals surface area contributed by atoms with Crippen LogP contribution in [0.5, 0.6) is 5.75 Å². The molecule has 0 radical (unpaired) electrons. The van der Waals surface area contributed by atoms with Gasteiger partial charge in [0.25, 0.3) is 0 Å². The summed E-state index contributed by atoms with van der Waals surface area (Å²) >= 11 is 0. The van der Waals surface area contributed by atoms with Crippen molar-refractivity contribution in [2.45, 2.75) is 33.3 Å². The SMILES string of the molecule is CC#CC(O)c1ccc(OCCc2nc(C)oc2C)cc1. The van der Waals surface area contributed by atoms with Crippen LogP contribution in [0.1, 0.15) is 35.9 Å². The molecule has 1 unspecified atom stereocenters. The number of hydrogen-bond acceptors (Lipinski definition) is 4. The third kappa shape index (κ3) is 4.11. The maximum absolute atomic E-state index is 9.74. The number of aliphatic hydroxyl groups is 1. The van der Waals surface area contributed by atoms with Gasteiger partial charge in [-0.2, -0.15) is 0 Å². The summed E-state index contributed by atoms with van der Waals surface area (Å²) in [7, 11) is 0. The molecule has 0 spiro atoms. The molecule has 1 atom stereocenters. The zero-order valence-electron chi connectivity index (χ0n) is 12.5. The average molecular weight is 285 g/mol. The lowest BCUT2D eigenvalue weighted by Crippen LogP contribution is -2.03. The first kappa shape index (κ1) is 15.1. The molecule has 0 aliphatic carbocycles. The number of aromatic nitrogens is 1. The quantitative estimate of drug-likeness (QED) is 0.858. The number of nitrogens with zero attached hydrogens (tertiary/aromatic N) is 1. The van der Waals surface area contributed by atoms with E-state index in [4.69, 9.17) is 9.15 Å². The van der Waals surface area contributed by atoms with Crippen molar-refractivity contribution in [2.24, 2.45) is 0 Å². The normalized spacial score (nSPS) is 11.6. The Kier molecular flexibility index (Phi) is 5.02. The average Bonchev–Trinajstić information content (AvgIpc) is 2.78. The van der Waals surface area contributed by atoms with E-state index in [0.29, 0.717) is 18.9 Å². The van der Waals surface area contributed by atoms with Gasteiger partial charge in [0.05, 0.1) is 12.3 Å². The molecule has 110 valence electrons. The molecule has 0 amide bonds. The zero-order valence-corrected chi connectivity index (χ0v) is 12.5. The standard InChI is InChI=1S/C17H19NO3/c1-4-5-17(19)14-6-8-15(9-7-14)20-11-10-16-12(2)21-13(3)18-16/h6-9,17,19H,10-11H2,1-3H3. The number of oxazole rings is 1. The van der Waals surface area contributed by atoms with Crippen LogP contribution in [0.15, 0.2) is 28.7 Å². The van der Waals surface area contributed by atoms with Gasteiger partial charge in [0.1, 0.15) is 17.6 Å². The van der Waals surface area contributed by atoms with Crippen LogP contribution in [0.2, 0.25) is 0 Å². The van der Waals surface area contributed by atoms with Crippen LogP contribution in [0.3, 0.4) is 0 Å². The van der Waals surface area contributed by atoms with Crippen LogP contribution in [0.4, 0.5) is 0 Å². The van der Waals surface area contributed by atoms with E-state index in [0.717, 1.165) is 22.8 Å². The third-order valence-electron chi connectivity index (χ3n) is 3.08. The van der Waals surface area contributed by atoms with E-state index in [-0.39, 0.29) is 0 Å². The Hall–Kier alpha value is -2.25. The van der Waals surface area contributed by atoms with Crippen molar-refractivity contribution >= 4 is 0 Å². The highest BCUT2D eigenvalue weighted by Crippen LogP contribution is 2.18. The van der Waals surface area contributed by atoms with Crippen molar-refractivity contribution in [3.05, 3.63) is 47.2 Å². The lowest BCUT2D eigenvalue weighted by atomic mass is 10.1. The summed E-state index contributed by atoms with van der Waals surface area (Å²) in [6.45, 7) is 5.97. The van der Waals surface area contributed by atoms with Crippen molar-refractivity contribution in [1.82, 2.24) is 4.98 Å². The van der Waals surface area contributed by atoms with Crippen LogP contribution >= 0.6 is 0 Å². The molecule has 1 heterocycles. The molecule has 0 aliphatic rings. The molecule has 0 saturated carbocycles. The van der Waals surface area contributed by atoms with E-state index in [1.54, 1.807) is 6.92 Å². The van der Waals surface area contributed by atoms with Gasteiger partial charge in [0, 0.05) is 13.3 Å². The first-order valence-corrected chi connectivity index (χ1v) is 6.86. The predicted molar refractivity (Wildman–Crippen MR) is 80.0 cm³/mol. The van der Waals surface area contributed by atoms with Crippen molar-refractivity contribution in [3.8, 4) is 17.6 Å². The summed E-state index contributed by atoms with van der Waals surface area (Å²) in [5, 5.41) is 9.74. The van der Waals surface area contributed by atoms with Gasteiger partial charge in [-0.25, -0.2) is 4.98 Å². The minimum atomic E-state index is -0.746. The smallest absolute Gasteiger partial charge is 0.191 e. The van der Waals surface area contributed by atoms with Gasteiger partial charge >= 0.3 is 0 Å². The first-order chi connectivity index (χ1) is 10.1. The highest BCUT2D eigenvalue weighted by molar-refractivity contribution is 5.31. The lowest BCUT2D eigenvalue weighted by Gasteiger charge is -2.07. The molecule has 1 N–H and O–H groups in total. The summed E-state index contributed by atoms with van der Waals surface area (Å²) < 4.78 is 11.0. The van der Waals surface area contributed by atoms with Crippen molar-refractivity contribution in [2.75, 3.05) is 6.61 Å². The fourth-order valence-electron chi connectivity index (χ4n) is 2.04. The van der Waals surface area contributed by atoms with Gasteiger partial charge in [-0.1, -0.05) is 18.1 Å². The number of hydrogen-bond donors (Lipinski definition) is 1. The number of aryl methyl sites for hydroxylation is 2. The third-order valence-corrected chi connectivity index (χ3v) is 3.08. The molecule has 4 heteroatoms. The maximum atomic E-state index is 9.74. The molecule has 21 heavy (non-hydrogen) atoms. The van der Waals surface area contributed by atoms with E-state index >= 15 is 0 Å². The number of benzene rings is 1. The van der Waals surface area contributed by atoms with Crippen LogP contribution in [-0.2, 0) is 6.42 Å². The minimum Gasteiger partial charge on any atom is -0.493 e. The highest BCUT2D eigenvalue weighted by atomic mass is 16.5. The number of rotatable bonds is 5. The molecular formula is C17H19NO3. The second-order valence-electron chi connectivity index (χ2n) is 4.70. The molecule has 1 aromatic carbocycles. The van der Waals surface area contributed by atoms with Crippen LogP contribution in [-0.4, -0.2) is 16.7 Å². The van der Waals surface area contributed by atoms with Gasteiger partial charge in [-0.3, -0.25) is 0 Å². The molecule has 2 rings (SSSR count). The summed E-state index contributed by atoms with van der Waals surface area (Å²) in [5.74, 6) is 7.67. The zero-order chi connectivity index (χ0) is 15.2. The van der Waals surface area contributed by atoms with Crippen LogP contribution in [0.25, 0.3) is 0 Å². The molecule has 2 aromatic rings. The molecule has 4 nitrogen and oxygen atoms in total. The van der Waals surface area contributed by atoms with Gasteiger partial charge in [0.15, 0.2) is 5.89 Å². The molecular weight excluding hydrogens is 266 g/mol. The molecule has 1 aromatic heterocycles. The molecule has 0 fully saturated rings. The van der Waals surface area contributed by atoms with E-state index in [1.165, 1.54) is 0 Å². The van der Waals surface area contributed by atoms with E-state index in [1.807, 2.05) is 38.1 Å². The fraction of sp³-hybridized carbons (Fsp3) is 0.353. The predicted octanol–water partition coefficient (Wildman–Crippen LogP) is 2.97. The Balaban J connectivity index is 1.89. The number of aliphatic hydroxyl groups excluding tert-OH is 1. The minimum absolute atomic E-state index is 0.531. The van der Waals surface area contributed by atoms with Gasteiger partial charge in [0.2, 0.25) is 0 Å². The van der Waals surface area contributed by atoms with E-state index < -0.39 is 6.10 Å². The Morgan fingerprint density at radius 1 is 1.29 bits per heavy atom. The topological polar surface area (TPSA) is 55.5 Å². The molecule has 0 saturated heterocycles. The first-order valence-electron chi connectivity index (χ1n) is 6.86. The van der Waals surface area contributed by atoms with Gasteiger partial charge in [-0.15, -0.1) is 5.92 Å². The van der Waals surface area contributed by atoms with Crippen molar-refractivity contribution in [3.63, 3.8) is 0 Å². The molecule has 0 aliphatic heterocycles. The Bertz CT molecular complexity index is 647. The Labute approximate surface area is 124 Å². The van der Waals surface area contributed by atoms with E-state index in [9.17, 15) is 5.11 Å². The Morgan fingerprint density at radius 3 is 2.57 bits per heavy atom. The highest BCUT2D eigenvalue weighted by Gasteiger charge is 2.07. The van der Waals surface area contributed by atoms with Gasteiger partial charge < -0.3 is 14.3 Å². The Morgan fingerprint density at radius 2 is 2.00 bits per heavy atom. The largest absolute Gasteiger partial charge is 0.493 e. The second-order valence-corrected chi connectivity index (χ2v) is 4.70.